The molecule has 0 aliphatic heterocycles. The molecule has 1 aliphatic carbocycles. The van der Waals surface area contributed by atoms with E-state index in [1.54, 1.807) is 12.1 Å². The van der Waals surface area contributed by atoms with E-state index in [9.17, 15) is 9.90 Å². The Morgan fingerprint density at radius 2 is 2.11 bits per heavy atom. The lowest BCUT2D eigenvalue weighted by Crippen LogP contribution is -2.32. The summed E-state index contributed by atoms with van der Waals surface area (Å²) in [5, 5.41) is 12.7. The van der Waals surface area contributed by atoms with Crippen molar-refractivity contribution in [1.82, 2.24) is 10.3 Å². The van der Waals surface area contributed by atoms with E-state index >= 15 is 0 Å². The largest absolute Gasteiger partial charge is 0.393 e. The van der Waals surface area contributed by atoms with E-state index < -0.39 is 0 Å². The maximum atomic E-state index is 11.8. The predicted molar refractivity (Wildman–Crippen MR) is 69.5 cm³/mol. The molecular weight excluding hydrogens is 252 g/mol. The predicted octanol–water partition coefficient (Wildman–Crippen LogP) is 2.02. The van der Waals surface area contributed by atoms with E-state index in [4.69, 9.17) is 11.6 Å². The van der Waals surface area contributed by atoms with Gasteiger partial charge >= 0.3 is 0 Å². The van der Waals surface area contributed by atoms with E-state index in [0.717, 1.165) is 25.7 Å². The van der Waals surface area contributed by atoms with Crippen LogP contribution in [0.15, 0.2) is 18.3 Å². The van der Waals surface area contributed by atoms with Crippen LogP contribution in [0.4, 0.5) is 0 Å². The number of nitrogens with zero attached hydrogens (tertiary/aromatic N) is 1. The molecule has 2 N–H and O–H groups in total. The molecule has 0 saturated heterocycles. The zero-order chi connectivity index (χ0) is 13.0. The first-order valence-corrected chi connectivity index (χ1v) is 6.61. The Morgan fingerprint density at radius 1 is 1.39 bits per heavy atom. The van der Waals surface area contributed by atoms with Crippen LogP contribution in [0.2, 0.25) is 5.15 Å². The van der Waals surface area contributed by atoms with Crippen molar-refractivity contribution in [3.63, 3.8) is 0 Å². The lowest BCUT2D eigenvalue weighted by atomic mass is 9.87. The molecule has 0 unspecified atom stereocenters. The lowest BCUT2D eigenvalue weighted by Gasteiger charge is -2.25. The van der Waals surface area contributed by atoms with Gasteiger partial charge in [-0.05, 0) is 43.7 Å². The summed E-state index contributed by atoms with van der Waals surface area (Å²) < 4.78 is 0. The van der Waals surface area contributed by atoms with Crippen LogP contribution in [-0.2, 0) is 0 Å². The Balaban J connectivity index is 1.79. The van der Waals surface area contributed by atoms with Gasteiger partial charge in [0.25, 0.3) is 5.91 Å². The number of carbonyl (C=O) groups excluding carboxylic acids is 1. The summed E-state index contributed by atoms with van der Waals surface area (Å²) in [5.74, 6) is 0.350. The summed E-state index contributed by atoms with van der Waals surface area (Å²) in [5.41, 5.74) is 0.523. The second-order valence-electron chi connectivity index (χ2n) is 4.75. The molecule has 0 aromatic carbocycles. The van der Waals surface area contributed by atoms with Crippen LogP contribution >= 0.6 is 11.6 Å². The first-order chi connectivity index (χ1) is 8.65. The maximum absolute atomic E-state index is 11.8. The summed E-state index contributed by atoms with van der Waals surface area (Å²) >= 11 is 5.66. The number of aromatic nitrogens is 1. The lowest BCUT2D eigenvalue weighted by molar-refractivity contribution is 0.0910. The van der Waals surface area contributed by atoms with Crippen LogP contribution < -0.4 is 5.32 Å². The number of halogens is 1. The van der Waals surface area contributed by atoms with E-state index in [1.165, 1.54) is 6.20 Å². The molecule has 1 aliphatic rings. The fourth-order valence-electron chi connectivity index (χ4n) is 2.20. The third kappa shape index (κ3) is 3.68. The van der Waals surface area contributed by atoms with Gasteiger partial charge in [0.2, 0.25) is 0 Å². The first-order valence-electron chi connectivity index (χ1n) is 6.23. The van der Waals surface area contributed by atoms with Gasteiger partial charge in [-0.2, -0.15) is 0 Å². The number of pyridine rings is 1. The molecule has 4 nitrogen and oxygen atoms in total. The Kier molecular flexibility index (Phi) is 4.55. The third-order valence-corrected chi connectivity index (χ3v) is 3.58. The zero-order valence-electron chi connectivity index (χ0n) is 10.1. The molecule has 0 spiro atoms. The summed E-state index contributed by atoms with van der Waals surface area (Å²) in [6, 6.07) is 3.27. The van der Waals surface area contributed by atoms with Crippen molar-refractivity contribution < 1.29 is 9.90 Å². The molecule has 98 valence electrons. The molecule has 5 heteroatoms. The Hall–Kier alpha value is -1.13. The molecule has 1 fully saturated rings. The molecule has 0 atom stereocenters. The molecule has 1 saturated carbocycles. The molecule has 1 heterocycles. The van der Waals surface area contributed by atoms with Crippen molar-refractivity contribution >= 4 is 17.5 Å². The minimum absolute atomic E-state index is 0.120. The summed E-state index contributed by atoms with van der Waals surface area (Å²) in [7, 11) is 0. The van der Waals surface area contributed by atoms with Gasteiger partial charge in [0, 0.05) is 12.7 Å². The van der Waals surface area contributed by atoms with Gasteiger partial charge in [0.1, 0.15) is 5.15 Å². The van der Waals surface area contributed by atoms with Gasteiger partial charge in [-0.1, -0.05) is 11.6 Å². The number of carbonyl (C=O) groups is 1. The van der Waals surface area contributed by atoms with Crippen molar-refractivity contribution in [2.24, 2.45) is 5.92 Å². The Morgan fingerprint density at radius 3 is 2.72 bits per heavy atom. The highest BCUT2D eigenvalue weighted by Gasteiger charge is 2.19. The van der Waals surface area contributed by atoms with Crippen LogP contribution in [0.25, 0.3) is 0 Å². The standard InChI is InChI=1S/C13H17ClN2O2/c14-12-6-3-10(8-15-12)13(18)16-7-9-1-4-11(17)5-2-9/h3,6,8-9,11,17H,1-2,4-5,7H2,(H,16,18). The first kappa shape index (κ1) is 13.3. The van der Waals surface area contributed by atoms with E-state index in [1.807, 2.05) is 0 Å². The molecular formula is C13H17ClN2O2. The van der Waals surface area contributed by atoms with Gasteiger partial charge < -0.3 is 10.4 Å². The maximum Gasteiger partial charge on any atom is 0.252 e. The second kappa shape index (κ2) is 6.16. The number of nitrogens with one attached hydrogen (secondary N) is 1. The van der Waals surface area contributed by atoms with Crippen LogP contribution in [0.1, 0.15) is 36.0 Å². The van der Waals surface area contributed by atoms with Crippen LogP contribution in [0.3, 0.4) is 0 Å². The monoisotopic (exact) mass is 268 g/mol. The van der Waals surface area contributed by atoms with Crippen LogP contribution in [0.5, 0.6) is 0 Å². The quantitative estimate of drug-likeness (QED) is 0.825. The van der Waals surface area contributed by atoms with E-state index in [-0.39, 0.29) is 12.0 Å². The zero-order valence-corrected chi connectivity index (χ0v) is 10.9. The molecule has 0 bridgehead atoms. The van der Waals surface area contributed by atoms with Crippen molar-refractivity contribution in [1.29, 1.82) is 0 Å². The minimum Gasteiger partial charge on any atom is -0.393 e. The van der Waals surface area contributed by atoms with Crippen molar-refractivity contribution in [3.8, 4) is 0 Å². The smallest absolute Gasteiger partial charge is 0.252 e. The number of hydrogen-bond acceptors (Lipinski definition) is 3. The van der Waals surface area contributed by atoms with Gasteiger partial charge in [0.15, 0.2) is 0 Å². The molecule has 2 rings (SSSR count). The molecule has 1 aromatic rings. The second-order valence-corrected chi connectivity index (χ2v) is 5.14. The summed E-state index contributed by atoms with van der Waals surface area (Å²) in [4.78, 5) is 15.7. The molecule has 1 aromatic heterocycles. The SMILES string of the molecule is O=C(NCC1CCC(O)CC1)c1ccc(Cl)nc1. The summed E-state index contributed by atoms with van der Waals surface area (Å²) in [6.07, 6.45) is 4.94. The van der Waals surface area contributed by atoms with E-state index in [0.29, 0.717) is 23.2 Å². The van der Waals surface area contributed by atoms with Crippen molar-refractivity contribution in [2.45, 2.75) is 31.8 Å². The van der Waals surface area contributed by atoms with Gasteiger partial charge in [-0.15, -0.1) is 0 Å². The molecule has 18 heavy (non-hydrogen) atoms. The number of hydrogen-bond donors (Lipinski definition) is 2. The summed E-state index contributed by atoms with van der Waals surface area (Å²) in [6.45, 7) is 0.661. The normalized spacial score (nSPS) is 23.7. The number of rotatable bonds is 3. The number of aliphatic hydroxyl groups excluding tert-OH is 1. The molecule has 0 radical (unpaired) electrons. The highest BCUT2D eigenvalue weighted by Crippen LogP contribution is 2.23. The fourth-order valence-corrected chi connectivity index (χ4v) is 2.31. The van der Waals surface area contributed by atoms with Crippen LogP contribution in [0, 0.1) is 5.92 Å². The Labute approximate surface area is 111 Å². The van der Waals surface area contributed by atoms with Gasteiger partial charge in [-0.25, -0.2) is 4.98 Å². The highest BCUT2D eigenvalue weighted by molar-refractivity contribution is 6.29. The average Bonchev–Trinajstić information content (AvgIpc) is 2.38. The average molecular weight is 269 g/mol. The van der Waals surface area contributed by atoms with Crippen molar-refractivity contribution in [2.75, 3.05) is 6.54 Å². The van der Waals surface area contributed by atoms with Gasteiger partial charge in [0.05, 0.1) is 11.7 Å². The number of aliphatic hydroxyl groups is 1. The van der Waals surface area contributed by atoms with Crippen LogP contribution in [-0.4, -0.2) is 28.6 Å². The minimum atomic E-state index is -0.155. The third-order valence-electron chi connectivity index (χ3n) is 3.36. The molecule has 1 amide bonds. The fraction of sp³-hybridized carbons (Fsp3) is 0.538. The topological polar surface area (TPSA) is 62.2 Å². The van der Waals surface area contributed by atoms with Gasteiger partial charge in [-0.3, -0.25) is 4.79 Å². The number of amides is 1. The van der Waals surface area contributed by atoms with E-state index in [2.05, 4.69) is 10.3 Å². The highest BCUT2D eigenvalue weighted by atomic mass is 35.5. The Bertz CT molecular complexity index is 400. The van der Waals surface area contributed by atoms with Crippen molar-refractivity contribution in [3.05, 3.63) is 29.0 Å².